The molecule has 0 spiro atoms. The molecule has 1 atom stereocenters. The van der Waals surface area contributed by atoms with Crippen molar-refractivity contribution >= 4 is 11.6 Å². The van der Waals surface area contributed by atoms with E-state index in [1.165, 1.54) is 4.90 Å². The van der Waals surface area contributed by atoms with E-state index in [0.29, 0.717) is 19.7 Å². The van der Waals surface area contributed by atoms with Crippen LogP contribution in [0.1, 0.15) is 36.5 Å². The van der Waals surface area contributed by atoms with Gasteiger partial charge in [0.2, 0.25) is 0 Å². The van der Waals surface area contributed by atoms with Crippen LogP contribution in [0.3, 0.4) is 0 Å². The second-order valence-electron chi connectivity index (χ2n) is 5.24. The lowest BCUT2D eigenvalue weighted by atomic mass is 10.1. The number of anilines is 1. The molecule has 1 unspecified atom stereocenters. The number of carbonyl (C=O) groups excluding carboxylic acids is 1. The molecule has 1 heterocycles. The molecule has 0 radical (unpaired) electrons. The lowest BCUT2D eigenvalue weighted by Crippen LogP contribution is -2.43. The van der Waals surface area contributed by atoms with Crippen LogP contribution in [0.25, 0.3) is 0 Å². The SMILES string of the molecule is CCCOC1CCCN(C(=O)c2cc(F)cc(N)c2F)C1. The maximum atomic E-state index is 13.9. The van der Waals surface area contributed by atoms with Crippen LogP contribution < -0.4 is 5.73 Å². The normalized spacial score (nSPS) is 18.8. The van der Waals surface area contributed by atoms with Crippen molar-refractivity contribution in [2.45, 2.75) is 32.3 Å². The number of nitrogen functional groups attached to an aromatic ring is 1. The third-order valence-corrected chi connectivity index (χ3v) is 3.52. The summed E-state index contributed by atoms with van der Waals surface area (Å²) in [5.41, 5.74) is 4.70. The quantitative estimate of drug-likeness (QED) is 0.869. The molecule has 1 amide bonds. The zero-order valence-electron chi connectivity index (χ0n) is 12.1. The van der Waals surface area contributed by atoms with Gasteiger partial charge in [-0.15, -0.1) is 0 Å². The first kappa shape index (κ1) is 15.7. The number of carbonyl (C=O) groups is 1. The summed E-state index contributed by atoms with van der Waals surface area (Å²) >= 11 is 0. The molecule has 1 aromatic carbocycles. The van der Waals surface area contributed by atoms with Crippen molar-refractivity contribution in [3.05, 3.63) is 29.3 Å². The number of hydrogen-bond acceptors (Lipinski definition) is 3. The van der Waals surface area contributed by atoms with Gasteiger partial charge >= 0.3 is 0 Å². The first-order chi connectivity index (χ1) is 10.0. The Bertz CT molecular complexity index is 523. The van der Waals surface area contributed by atoms with Gasteiger partial charge in [0.25, 0.3) is 5.91 Å². The second kappa shape index (κ2) is 6.85. The van der Waals surface area contributed by atoms with Gasteiger partial charge in [-0.2, -0.15) is 0 Å². The maximum absolute atomic E-state index is 13.9. The summed E-state index contributed by atoms with van der Waals surface area (Å²) in [6.45, 7) is 3.56. The highest BCUT2D eigenvalue weighted by Crippen LogP contribution is 2.22. The Morgan fingerprint density at radius 1 is 1.48 bits per heavy atom. The van der Waals surface area contributed by atoms with E-state index in [-0.39, 0.29) is 17.4 Å². The number of benzene rings is 1. The van der Waals surface area contributed by atoms with Gasteiger partial charge in [0, 0.05) is 19.7 Å². The van der Waals surface area contributed by atoms with E-state index in [0.717, 1.165) is 31.4 Å². The minimum atomic E-state index is -0.863. The maximum Gasteiger partial charge on any atom is 0.257 e. The van der Waals surface area contributed by atoms with Crippen molar-refractivity contribution in [2.24, 2.45) is 0 Å². The Morgan fingerprint density at radius 2 is 2.24 bits per heavy atom. The molecular weight excluding hydrogens is 278 g/mol. The van der Waals surface area contributed by atoms with Gasteiger partial charge in [-0.1, -0.05) is 6.92 Å². The predicted molar refractivity (Wildman–Crippen MR) is 75.9 cm³/mol. The van der Waals surface area contributed by atoms with Gasteiger partial charge < -0.3 is 15.4 Å². The molecular formula is C15H20F2N2O2. The lowest BCUT2D eigenvalue weighted by Gasteiger charge is -2.32. The molecule has 0 bridgehead atoms. The van der Waals surface area contributed by atoms with Crippen LogP contribution in [-0.2, 0) is 4.74 Å². The minimum absolute atomic E-state index is 0.0448. The van der Waals surface area contributed by atoms with Crippen molar-refractivity contribution in [1.82, 2.24) is 4.90 Å². The first-order valence-corrected chi connectivity index (χ1v) is 7.18. The van der Waals surface area contributed by atoms with Gasteiger partial charge in [-0.25, -0.2) is 8.78 Å². The third kappa shape index (κ3) is 3.69. The highest BCUT2D eigenvalue weighted by atomic mass is 19.1. The smallest absolute Gasteiger partial charge is 0.257 e. The average Bonchev–Trinajstić information content (AvgIpc) is 2.48. The molecule has 1 aliphatic heterocycles. The Hall–Kier alpha value is -1.69. The number of nitrogens with zero attached hydrogens (tertiary/aromatic N) is 1. The summed E-state index contributed by atoms with van der Waals surface area (Å²) < 4.78 is 32.9. The van der Waals surface area contributed by atoms with Gasteiger partial charge in [0.1, 0.15) is 5.82 Å². The molecule has 116 valence electrons. The number of halogens is 2. The summed E-state index contributed by atoms with van der Waals surface area (Å²) in [4.78, 5) is 13.9. The molecule has 0 aromatic heterocycles. The Kier molecular flexibility index (Phi) is 5.12. The summed E-state index contributed by atoms with van der Waals surface area (Å²) in [6.07, 6.45) is 2.51. The van der Waals surface area contributed by atoms with Crippen LogP contribution in [-0.4, -0.2) is 36.6 Å². The topological polar surface area (TPSA) is 55.6 Å². The summed E-state index contributed by atoms with van der Waals surface area (Å²) in [5, 5.41) is 0. The Balaban J connectivity index is 2.12. The standard InChI is InChI=1S/C15H20F2N2O2/c1-2-6-21-11-4-3-5-19(9-11)15(20)12-7-10(16)8-13(18)14(12)17/h7-8,11H,2-6,9,18H2,1H3. The Labute approximate surface area is 122 Å². The average molecular weight is 298 g/mol. The van der Waals surface area contributed by atoms with E-state index >= 15 is 0 Å². The molecule has 0 saturated carbocycles. The minimum Gasteiger partial charge on any atom is -0.396 e. The summed E-state index contributed by atoms with van der Waals surface area (Å²) in [7, 11) is 0. The zero-order valence-corrected chi connectivity index (χ0v) is 12.1. The fourth-order valence-corrected chi connectivity index (χ4v) is 2.48. The van der Waals surface area contributed by atoms with Crippen LogP contribution in [0.4, 0.5) is 14.5 Å². The number of rotatable bonds is 4. The van der Waals surface area contributed by atoms with E-state index in [4.69, 9.17) is 10.5 Å². The van der Waals surface area contributed by atoms with Crippen molar-refractivity contribution in [2.75, 3.05) is 25.4 Å². The molecule has 1 fully saturated rings. The number of amides is 1. The van der Waals surface area contributed by atoms with Crippen molar-refractivity contribution in [3.63, 3.8) is 0 Å². The molecule has 4 nitrogen and oxygen atoms in total. The largest absolute Gasteiger partial charge is 0.396 e. The monoisotopic (exact) mass is 298 g/mol. The van der Waals surface area contributed by atoms with E-state index in [9.17, 15) is 13.6 Å². The molecule has 2 N–H and O–H groups in total. The molecule has 0 aliphatic carbocycles. The van der Waals surface area contributed by atoms with Gasteiger partial charge in [0.05, 0.1) is 17.4 Å². The van der Waals surface area contributed by atoms with E-state index in [1.54, 1.807) is 0 Å². The molecule has 1 aromatic rings. The van der Waals surface area contributed by atoms with Crippen LogP contribution in [0, 0.1) is 11.6 Å². The van der Waals surface area contributed by atoms with Crippen molar-refractivity contribution < 1.29 is 18.3 Å². The third-order valence-electron chi connectivity index (χ3n) is 3.52. The number of piperidine rings is 1. The molecule has 6 heteroatoms. The highest BCUT2D eigenvalue weighted by molar-refractivity contribution is 5.95. The highest BCUT2D eigenvalue weighted by Gasteiger charge is 2.27. The number of ether oxygens (including phenoxy) is 1. The molecule has 21 heavy (non-hydrogen) atoms. The van der Waals surface area contributed by atoms with E-state index in [2.05, 4.69) is 0 Å². The van der Waals surface area contributed by atoms with E-state index in [1.807, 2.05) is 6.92 Å². The summed E-state index contributed by atoms with van der Waals surface area (Å²) in [6, 6.07) is 1.76. The number of likely N-dealkylation sites (tertiary alicyclic amines) is 1. The zero-order chi connectivity index (χ0) is 15.4. The van der Waals surface area contributed by atoms with Gasteiger partial charge in [0.15, 0.2) is 5.82 Å². The predicted octanol–water partition coefficient (Wildman–Crippen LogP) is 2.58. The number of nitrogens with two attached hydrogens (primary N) is 1. The van der Waals surface area contributed by atoms with Crippen LogP contribution in [0.2, 0.25) is 0 Å². The lowest BCUT2D eigenvalue weighted by molar-refractivity contribution is 0.00195. The Morgan fingerprint density at radius 3 is 2.95 bits per heavy atom. The van der Waals surface area contributed by atoms with Crippen LogP contribution in [0.5, 0.6) is 0 Å². The van der Waals surface area contributed by atoms with Crippen LogP contribution >= 0.6 is 0 Å². The van der Waals surface area contributed by atoms with Gasteiger partial charge in [-0.05, 0) is 31.4 Å². The van der Waals surface area contributed by atoms with Gasteiger partial charge in [-0.3, -0.25) is 4.79 Å². The van der Waals surface area contributed by atoms with Crippen LogP contribution in [0.15, 0.2) is 12.1 Å². The molecule has 1 saturated heterocycles. The fourth-order valence-electron chi connectivity index (χ4n) is 2.48. The van der Waals surface area contributed by atoms with E-state index < -0.39 is 17.5 Å². The molecule has 1 aliphatic rings. The fraction of sp³-hybridized carbons (Fsp3) is 0.533. The van der Waals surface area contributed by atoms with Crippen molar-refractivity contribution in [1.29, 1.82) is 0 Å². The number of hydrogen-bond donors (Lipinski definition) is 1. The van der Waals surface area contributed by atoms with Crippen molar-refractivity contribution in [3.8, 4) is 0 Å². The second-order valence-corrected chi connectivity index (χ2v) is 5.24. The molecule has 2 rings (SSSR count). The first-order valence-electron chi connectivity index (χ1n) is 7.18. The summed E-state index contributed by atoms with van der Waals surface area (Å²) in [5.74, 6) is -2.12.